The molecule has 0 aliphatic heterocycles. The van der Waals surface area contributed by atoms with Crippen LogP contribution in [0.2, 0.25) is 10.0 Å². The molecule has 2 aromatic rings. The lowest BCUT2D eigenvalue weighted by atomic mass is 10.2. The molecule has 0 aliphatic carbocycles. The smallest absolute Gasteiger partial charge is 0.340 e. The van der Waals surface area contributed by atoms with E-state index in [0.29, 0.717) is 26.0 Å². The minimum atomic E-state index is -0.562. The van der Waals surface area contributed by atoms with Gasteiger partial charge in [-0.25, -0.2) is 4.79 Å². The summed E-state index contributed by atoms with van der Waals surface area (Å²) in [6.45, 7) is -0.280. The number of benzene rings is 2. The van der Waals surface area contributed by atoms with E-state index in [1.165, 1.54) is 13.2 Å². The van der Waals surface area contributed by atoms with Gasteiger partial charge in [-0.3, -0.25) is 4.79 Å². The maximum atomic E-state index is 12.0. The molecule has 2 rings (SSSR count). The van der Waals surface area contributed by atoms with E-state index < -0.39 is 11.9 Å². The van der Waals surface area contributed by atoms with Gasteiger partial charge in [-0.2, -0.15) is 0 Å². The topological polar surface area (TPSA) is 64.6 Å². The lowest BCUT2D eigenvalue weighted by molar-refractivity contribution is -0.118. The molecule has 8 heteroatoms. The van der Waals surface area contributed by atoms with Crippen molar-refractivity contribution in [2.45, 2.75) is 0 Å². The highest BCUT2D eigenvalue weighted by atomic mass is 79.9. The summed E-state index contributed by atoms with van der Waals surface area (Å²) < 4.78 is 10.7. The predicted molar refractivity (Wildman–Crippen MR) is 96.1 cm³/mol. The van der Waals surface area contributed by atoms with Gasteiger partial charge in [0.2, 0.25) is 0 Å². The van der Waals surface area contributed by atoms with Crippen molar-refractivity contribution in [3.63, 3.8) is 0 Å². The SMILES string of the molecule is COC(=O)c1cc(Br)ccc1NC(=O)COc1ccc(Cl)cc1Cl. The average Bonchev–Trinajstić information content (AvgIpc) is 2.55. The van der Waals surface area contributed by atoms with E-state index in [0.717, 1.165) is 0 Å². The van der Waals surface area contributed by atoms with E-state index in [-0.39, 0.29) is 12.2 Å². The largest absolute Gasteiger partial charge is 0.482 e. The third-order valence-corrected chi connectivity index (χ3v) is 3.94. The summed E-state index contributed by atoms with van der Waals surface area (Å²) in [7, 11) is 1.26. The van der Waals surface area contributed by atoms with Gasteiger partial charge in [0.25, 0.3) is 5.91 Å². The zero-order chi connectivity index (χ0) is 17.7. The number of methoxy groups -OCH3 is 1. The molecule has 0 aliphatic rings. The molecule has 0 aromatic heterocycles. The van der Waals surface area contributed by atoms with E-state index in [4.69, 9.17) is 32.7 Å². The van der Waals surface area contributed by atoms with Gasteiger partial charge in [-0.05, 0) is 36.4 Å². The molecule has 0 fully saturated rings. The van der Waals surface area contributed by atoms with Gasteiger partial charge in [0.1, 0.15) is 5.75 Å². The molecule has 5 nitrogen and oxygen atoms in total. The molecule has 2 aromatic carbocycles. The van der Waals surface area contributed by atoms with Crippen molar-refractivity contribution in [2.75, 3.05) is 19.0 Å². The van der Waals surface area contributed by atoms with Crippen LogP contribution in [-0.2, 0) is 9.53 Å². The van der Waals surface area contributed by atoms with Crippen LogP contribution in [0.5, 0.6) is 5.75 Å². The van der Waals surface area contributed by atoms with Crippen molar-refractivity contribution in [1.82, 2.24) is 0 Å². The molecule has 0 unspecified atom stereocenters. The van der Waals surface area contributed by atoms with Crippen LogP contribution < -0.4 is 10.1 Å². The molecule has 0 bridgehead atoms. The highest BCUT2D eigenvalue weighted by Gasteiger charge is 2.15. The molecule has 0 spiro atoms. The van der Waals surface area contributed by atoms with Crippen molar-refractivity contribution in [1.29, 1.82) is 0 Å². The molecular formula is C16H12BrCl2NO4. The summed E-state index contributed by atoms with van der Waals surface area (Å²) in [5, 5.41) is 3.37. The number of nitrogens with one attached hydrogen (secondary N) is 1. The fraction of sp³-hybridized carbons (Fsp3) is 0.125. The Hall–Kier alpha value is -1.76. The van der Waals surface area contributed by atoms with Crippen LogP contribution in [0, 0.1) is 0 Å². The van der Waals surface area contributed by atoms with Crippen LogP contribution >= 0.6 is 39.1 Å². The van der Waals surface area contributed by atoms with Crippen LogP contribution in [0.1, 0.15) is 10.4 Å². The number of carbonyl (C=O) groups excluding carboxylic acids is 2. The van der Waals surface area contributed by atoms with Crippen LogP contribution in [0.15, 0.2) is 40.9 Å². The van der Waals surface area contributed by atoms with Gasteiger partial charge in [0.15, 0.2) is 6.61 Å². The second-order valence-electron chi connectivity index (χ2n) is 4.59. The molecule has 0 saturated carbocycles. The third-order valence-electron chi connectivity index (χ3n) is 2.91. The summed E-state index contributed by atoms with van der Waals surface area (Å²) in [5.41, 5.74) is 0.547. The fourth-order valence-corrected chi connectivity index (χ4v) is 2.65. The summed E-state index contributed by atoms with van der Waals surface area (Å²) >= 11 is 15.0. The summed E-state index contributed by atoms with van der Waals surface area (Å²) in [6.07, 6.45) is 0. The summed E-state index contributed by atoms with van der Waals surface area (Å²) in [5.74, 6) is -0.679. The monoisotopic (exact) mass is 431 g/mol. The van der Waals surface area contributed by atoms with Gasteiger partial charge in [0, 0.05) is 9.50 Å². The Bertz CT molecular complexity index is 783. The van der Waals surface area contributed by atoms with E-state index in [1.807, 2.05) is 0 Å². The molecule has 0 radical (unpaired) electrons. The average molecular weight is 433 g/mol. The van der Waals surface area contributed by atoms with Crippen LogP contribution in [0.25, 0.3) is 0 Å². The molecule has 126 valence electrons. The number of rotatable bonds is 5. The lowest BCUT2D eigenvalue weighted by Crippen LogP contribution is -2.22. The van der Waals surface area contributed by atoms with Crippen molar-refractivity contribution >= 4 is 56.7 Å². The van der Waals surface area contributed by atoms with Crippen LogP contribution in [0.4, 0.5) is 5.69 Å². The lowest BCUT2D eigenvalue weighted by Gasteiger charge is -2.11. The maximum Gasteiger partial charge on any atom is 0.340 e. The molecule has 24 heavy (non-hydrogen) atoms. The first-order valence-electron chi connectivity index (χ1n) is 6.66. The molecular weight excluding hydrogens is 421 g/mol. The van der Waals surface area contributed by atoms with Crippen LogP contribution in [0.3, 0.4) is 0 Å². The molecule has 0 heterocycles. The Morgan fingerprint density at radius 3 is 2.58 bits per heavy atom. The van der Waals surface area contributed by atoms with Gasteiger partial charge < -0.3 is 14.8 Å². The Kier molecular flexibility index (Phi) is 6.48. The number of esters is 1. The highest BCUT2D eigenvalue weighted by molar-refractivity contribution is 9.10. The Morgan fingerprint density at radius 2 is 1.92 bits per heavy atom. The first-order valence-corrected chi connectivity index (χ1v) is 8.21. The zero-order valence-electron chi connectivity index (χ0n) is 12.4. The van der Waals surface area contributed by atoms with Crippen molar-refractivity contribution < 1.29 is 19.1 Å². The van der Waals surface area contributed by atoms with Crippen molar-refractivity contribution in [3.8, 4) is 5.75 Å². The van der Waals surface area contributed by atoms with Crippen molar-refractivity contribution in [2.24, 2.45) is 0 Å². The number of hydrogen-bond donors (Lipinski definition) is 1. The first-order chi connectivity index (χ1) is 11.4. The quantitative estimate of drug-likeness (QED) is 0.703. The van der Waals surface area contributed by atoms with Gasteiger partial charge in [0.05, 0.1) is 23.4 Å². The second-order valence-corrected chi connectivity index (χ2v) is 6.35. The number of ether oxygens (including phenoxy) is 2. The Labute approximate surface area is 157 Å². The molecule has 0 saturated heterocycles. The standard InChI is InChI=1S/C16H12BrCl2NO4/c1-23-16(22)11-6-9(17)2-4-13(11)20-15(21)8-24-14-5-3-10(18)7-12(14)19/h2-7H,8H2,1H3,(H,20,21). The summed E-state index contributed by atoms with van der Waals surface area (Å²) in [6, 6.07) is 9.52. The number of carbonyl (C=O) groups is 2. The first kappa shape index (κ1) is 18.6. The van der Waals surface area contributed by atoms with E-state index in [9.17, 15) is 9.59 Å². The van der Waals surface area contributed by atoms with E-state index in [2.05, 4.69) is 21.2 Å². The highest BCUT2D eigenvalue weighted by Crippen LogP contribution is 2.27. The van der Waals surface area contributed by atoms with Gasteiger partial charge in [-0.1, -0.05) is 39.1 Å². The number of anilines is 1. The fourth-order valence-electron chi connectivity index (χ4n) is 1.83. The third kappa shape index (κ3) is 4.87. The van der Waals surface area contributed by atoms with Crippen LogP contribution in [-0.4, -0.2) is 25.6 Å². The normalized spacial score (nSPS) is 10.2. The van der Waals surface area contributed by atoms with Gasteiger partial charge in [-0.15, -0.1) is 0 Å². The Morgan fingerprint density at radius 1 is 1.17 bits per heavy atom. The number of amides is 1. The van der Waals surface area contributed by atoms with Crippen molar-refractivity contribution in [3.05, 3.63) is 56.5 Å². The minimum absolute atomic E-state index is 0.227. The number of hydrogen-bond acceptors (Lipinski definition) is 4. The summed E-state index contributed by atoms with van der Waals surface area (Å²) in [4.78, 5) is 23.8. The zero-order valence-corrected chi connectivity index (χ0v) is 15.5. The van der Waals surface area contributed by atoms with Gasteiger partial charge >= 0.3 is 5.97 Å². The van der Waals surface area contributed by atoms with E-state index >= 15 is 0 Å². The second kappa shape index (κ2) is 8.37. The van der Waals surface area contributed by atoms with E-state index in [1.54, 1.807) is 30.3 Å². The minimum Gasteiger partial charge on any atom is -0.482 e. The molecule has 0 atom stereocenters. The Balaban J connectivity index is 2.06. The molecule has 1 N–H and O–H groups in total. The number of halogens is 3. The maximum absolute atomic E-state index is 12.0. The molecule has 1 amide bonds. The predicted octanol–water partition coefficient (Wildman–Crippen LogP) is 4.56.